The Morgan fingerprint density at radius 1 is 1.28 bits per heavy atom. The first kappa shape index (κ1) is 16.9. The van der Waals surface area contributed by atoms with Gasteiger partial charge in [-0.2, -0.15) is 0 Å². The largest absolute Gasteiger partial charge is 0.364 e. The molecular weight excluding hydrogens is 350 g/mol. The Morgan fingerprint density at radius 2 is 1.96 bits per heavy atom. The Bertz CT molecular complexity index is 1140. The molecule has 2 aromatic heterocycles. The monoisotopic (exact) mass is 365 g/mol. The van der Waals surface area contributed by atoms with Crippen LogP contribution in [0.5, 0.6) is 0 Å². The molecule has 0 radical (unpaired) electrons. The van der Waals surface area contributed by atoms with Crippen LogP contribution >= 0.6 is 0 Å². The van der Waals surface area contributed by atoms with E-state index in [2.05, 4.69) is 9.68 Å². The second kappa shape index (κ2) is 5.86. The molecule has 3 rings (SSSR count). The molecule has 2 heterocycles. The number of aromatic nitrogens is 3. The molecule has 3 N–H and O–H groups in total. The first-order valence-corrected chi connectivity index (χ1v) is 8.60. The molecule has 25 heavy (non-hydrogen) atoms. The van der Waals surface area contributed by atoms with E-state index in [4.69, 9.17) is 5.73 Å². The highest BCUT2D eigenvalue weighted by Crippen LogP contribution is 2.18. The van der Waals surface area contributed by atoms with Crippen molar-refractivity contribution < 1.29 is 17.7 Å². The van der Waals surface area contributed by atoms with Gasteiger partial charge in [-0.3, -0.25) is 13.9 Å². The van der Waals surface area contributed by atoms with Gasteiger partial charge < -0.3 is 10.3 Å². The number of carbonyl (C=O) groups excluding carboxylic acids is 1. The highest BCUT2D eigenvalue weighted by atomic mass is 32.2. The van der Waals surface area contributed by atoms with Gasteiger partial charge in [-0.1, -0.05) is 5.16 Å². The van der Waals surface area contributed by atoms with E-state index in [0.29, 0.717) is 11.0 Å². The van der Waals surface area contributed by atoms with Gasteiger partial charge in [-0.15, -0.1) is 0 Å². The Labute approximate surface area is 141 Å². The summed E-state index contributed by atoms with van der Waals surface area (Å²) in [5, 5.41) is 3.53. The maximum atomic E-state index is 12.5. The van der Waals surface area contributed by atoms with E-state index in [1.54, 1.807) is 7.05 Å². The Balaban J connectivity index is 2.00. The van der Waals surface area contributed by atoms with E-state index in [1.807, 2.05) is 4.72 Å². The van der Waals surface area contributed by atoms with Crippen LogP contribution in [-0.4, -0.2) is 28.6 Å². The number of aryl methyl sites for hydroxylation is 2. The van der Waals surface area contributed by atoms with Gasteiger partial charge in [-0.25, -0.2) is 17.9 Å². The SMILES string of the molecule is Cn1c(=O)n(C)c2cc(S(=O)(=O)NC(=O)c3conc3CN)ccc21. The van der Waals surface area contributed by atoms with Crippen LogP contribution in [0.2, 0.25) is 0 Å². The molecule has 1 amide bonds. The maximum absolute atomic E-state index is 12.5. The third-order valence-corrected chi connectivity index (χ3v) is 5.19. The molecular formula is C14H15N5O5S. The molecule has 0 spiro atoms. The topological polar surface area (TPSA) is 142 Å². The van der Waals surface area contributed by atoms with Crippen molar-refractivity contribution in [3.8, 4) is 0 Å². The summed E-state index contributed by atoms with van der Waals surface area (Å²) in [5.41, 5.74) is 6.22. The quantitative estimate of drug-likeness (QED) is 0.631. The number of fused-ring (bicyclic) bond motifs is 1. The van der Waals surface area contributed by atoms with Gasteiger partial charge in [0.25, 0.3) is 15.9 Å². The number of sulfonamides is 1. The molecule has 1 aromatic carbocycles. The highest BCUT2D eigenvalue weighted by Gasteiger charge is 2.23. The van der Waals surface area contributed by atoms with Crippen LogP contribution in [0.4, 0.5) is 0 Å². The third kappa shape index (κ3) is 2.72. The summed E-state index contributed by atoms with van der Waals surface area (Å²) < 4.78 is 34.3. The average Bonchev–Trinajstić information content (AvgIpc) is 3.14. The van der Waals surface area contributed by atoms with Gasteiger partial charge in [0.05, 0.1) is 15.9 Å². The second-order valence-electron chi connectivity index (χ2n) is 5.36. The molecule has 0 unspecified atom stereocenters. The summed E-state index contributed by atoms with van der Waals surface area (Å²) in [6.07, 6.45) is 1.02. The van der Waals surface area contributed by atoms with Crippen molar-refractivity contribution in [1.82, 2.24) is 19.0 Å². The lowest BCUT2D eigenvalue weighted by Crippen LogP contribution is -2.31. The molecule has 11 heteroatoms. The number of rotatable bonds is 4. The molecule has 0 aliphatic rings. The number of carbonyl (C=O) groups is 1. The van der Waals surface area contributed by atoms with E-state index < -0.39 is 15.9 Å². The highest BCUT2D eigenvalue weighted by molar-refractivity contribution is 7.90. The second-order valence-corrected chi connectivity index (χ2v) is 7.05. The number of nitrogens with zero attached hydrogens (tertiary/aromatic N) is 3. The molecule has 0 aliphatic carbocycles. The molecule has 132 valence electrons. The lowest BCUT2D eigenvalue weighted by molar-refractivity contribution is 0.0980. The van der Waals surface area contributed by atoms with Crippen LogP contribution in [0.25, 0.3) is 11.0 Å². The summed E-state index contributed by atoms with van der Waals surface area (Å²) in [4.78, 5) is 23.9. The average molecular weight is 365 g/mol. The van der Waals surface area contributed by atoms with E-state index in [-0.39, 0.29) is 28.4 Å². The summed E-state index contributed by atoms with van der Waals surface area (Å²) in [5.74, 6) is -0.899. The summed E-state index contributed by atoms with van der Waals surface area (Å²) >= 11 is 0. The Hall–Kier alpha value is -2.92. The molecule has 0 aliphatic heterocycles. The number of nitrogens with two attached hydrogens (primary N) is 1. The first-order valence-electron chi connectivity index (χ1n) is 7.12. The number of imidazole rings is 1. The zero-order valence-corrected chi connectivity index (χ0v) is 14.2. The Kier molecular flexibility index (Phi) is 3.97. The fourth-order valence-electron chi connectivity index (χ4n) is 2.48. The van der Waals surface area contributed by atoms with Crippen LogP contribution in [0.3, 0.4) is 0 Å². The van der Waals surface area contributed by atoms with Gasteiger partial charge in [0, 0.05) is 20.6 Å². The van der Waals surface area contributed by atoms with E-state index >= 15 is 0 Å². The lowest BCUT2D eigenvalue weighted by atomic mass is 10.2. The fraction of sp³-hybridized carbons (Fsp3) is 0.214. The fourth-order valence-corrected chi connectivity index (χ4v) is 3.47. The molecule has 0 atom stereocenters. The maximum Gasteiger partial charge on any atom is 0.328 e. The van der Waals surface area contributed by atoms with Gasteiger partial charge >= 0.3 is 5.69 Å². The van der Waals surface area contributed by atoms with Crippen LogP contribution in [-0.2, 0) is 30.7 Å². The normalized spacial score (nSPS) is 11.8. The number of hydrogen-bond donors (Lipinski definition) is 2. The van der Waals surface area contributed by atoms with Crippen LogP contribution in [0.1, 0.15) is 16.1 Å². The van der Waals surface area contributed by atoms with Crippen LogP contribution in [0, 0.1) is 0 Å². The van der Waals surface area contributed by atoms with Crippen molar-refractivity contribution in [2.24, 2.45) is 19.8 Å². The van der Waals surface area contributed by atoms with Crippen LogP contribution in [0.15, 0.2) is 38.7 Å². The minimum Gasteiger partial charge on any atom is -0.364 e. The summed E-state index contributed by atoms with van der Waals surface area (Å²) in [6.45, 7) is -0.0720. The minimum atomic E-state index is -4.16. The smallest absolute Gasteiger partial charge is 0.328 e. The van der Waals surface area contributed by atoms with Crippen molar-refractivity contribution >= 4 is 27.0 Å². The predicted molar refractivity (Wildman–Crippen MR) is 87.2 cm³/mol. The van der Waals surface area contributed by atoms with Crippen molar-refractivity contribution in [3.63, 3.8) is 0 Å². The number of amides is 1. The molecule has 0 bridgehead atoms. The number of nitrogens with one attached hydrogen (secondary N) is 1. The van der Waals surface area contributed by atoms with Gasteiger partial charge in [0.2, 0.25) is 0 Å². The number of benzene rings is 1. The van der Waals surface area contributed by atoms with Gasteiger partial charge in [-0.05, 0) is 18.2 Å². The molecule has 0 fully saturated rings. The van der Waals surface area contributed by atoms with Gasteiger partial charge in [0.15, 0.2) is 0 Å². The molecule has 0 saturated heterocycles. The predicted octanol–water partition coefficient (Wildman–Crippen LogP) is -0.558. The third-order valence-electron chi connectivity index (χ3n) is 3.86. The summed E-state index contributed by atoms with van der Waals surface area (Å²) in [7, 11) is -1.04. The lowest BCUT2D eigenvalue weighted by Gasteiger charge is -2.07. The van der Waals surface area contributed by atoms with Crippen molar-refractivity contribution in [3.05, 3.63) is 46.2 Å². The zero-order chi connectivity index (χ0) is 18.4. The minimum absolute atomic E-state index is 0.0562. The summed E-state index contributed by atoms with van der Waals surface area (Å²) in [6, 6.07) is 4.14. The first-order chi connectivity index (χ1) is 11.8. The van der Waals surface area contributed by atoms with E-state index in [9.17, 15) is 18.0 Å². The van der Waals surface area contributed by atoms with Crippen molar-refractivity contribution in [2.45, 2.75) is 11.4 Å². The van der Waals surface area contributed by atoms with E-state index in [1.165, 1.54) is 34.4 Å². The van der Waals surface area contributed by atoms with Crippen LogP contribution < -0.4 is 16.1 Å². The van der Waals surface area contributed by atoms with Gasteiger partial charge in [0.1, 0.15) is 17.5 Å². The molecule has 3 aromatic rings. The molecule has 0 saturated carbocycles. The zero-order valence-electron chi connectivity index (χ0n) is 13.4. The Morgan fingerprint density at radius 3 is 2.64 bits per heavy atom. The molecule has 10 nitrogen and oxygen atoms in total. The number of hydrogen-bond acceptors (Lipinski definition) is 7. The van der Waals surface area contributed by atoms with E-state index in [0.717, 1.165) is 6.26 Å². The van der Waals surface area contributed by atoms with Crippen molar-refractivity contribution in [1.29, 1.82) is 0 Å². The van der Waals surface area contributed by atoms with Crippen molar-refractivity contribution in [2.75, 3.05) is 0 Å². The standard InChI is InChI=1S/C14H15N5O5S/c1-18-11-4-3-8(5-12(11)19(2)14(18)21)25(22,23)17-13(20)9-7-24-16-10(9)6-15/h3-5,7H,6,15H2,1-2H3,(H,17,20).